The summed E-state index contributed by atoms with van der Waals surface area (Å²) in [5.41, 5.74) is 2.95. The minimum Gasteiger partial charge on any atom is -0.489 e. The van der Waals surface area contributed by atoms with E-state index < -0.39 is 41.4 Å². The zero-order valence-corrected chi connectivity index (χ0v) is 19.7. The van der Waals surface area contributed by atoms with Gasteiger partial charge in [-0.25, -0.2) is 0 Å². The molecule has 2 aliphatic rings. The van der Waals surface area contributed by atoms with Crippen molar-refractivity contribution >= 4 is 40.9 Å². The van der Waals surface area contributed by atoms with E-state index in [-0.39, 0.29) is 4.87 Å². The van der Waals surface area contributed by atoms with Gasteiger partial charge in [0.05, 0.1) is 10.9 Å². The summed E-state index contributed by atoms with van der Waals surface area (Å²) in [5, 5.41) is 8.93. The first-order valence-electron chi connectivity index (χ1n) is 10.6. The molecule has 0 bridgehead atoms. The Balaban J connectivity index is 1.44. The molecule has 8 nitrogen and oxygen atoms in total. The second-order valence-electron chi connectivity index (χ2n) is 8.25. The number of aromatic amines is 1. The Bertz CT molecular complexity index is 1350. The number of aryl methyl sites for hydroxylation is 1. The van der Waals surface area contributed by atoms with Crippen LogP contribution in [0.3, 0.4) is 0 Å². The quantitative estimate of drug-likeness (QED) is 0.504. The van der Waals surface area contributed by atoms with Gasteiger partial charge in [0.25, 0.3) is 0 Å². The van der Waals surface area contributed by atoms with Gasteiger partial charge in [-0.2, -0.15) is 0 Å². The van der Waals surface area contributed by atoms with Crippen molar-refractivity contribution in [3.8, 4) is 5.75 Å². The lowest BCUT2D eigenvalue weighted by Crippen LogP contribution is -2.36. The highest BCUT2D eigenvalue weighted by molar-refractivity contribution is 8.00. The normalized spacial score (nSPS) is 21.3. The van der Waals surface area contributed by atoms with Crippen molar-refractivity contribution in [2.45, 2.75) is 29.7 Å². The number of imide groups is 1. The van der Waals surface area contributed by atoms with Crippen molar-refractivity contribution in [3.63, 3.8) is 0 Å². The van der Waals surface area contributed by atoms with Gasteiger partial charge < -0.3 is 14.8 Å². The maximum absolute atomic E-state index is 13.2. The van der Waals surface area contributed by atoms with Gasteiger partial charge in [-0.1, -0.05) is 65.1 Å². The van der Waals surface area contributed by atoms with E-state index in [1.807, 2.05) is 37.3 Å². The van der Waals surface area contributed by atoms with Gasteiger partial charge in [-0.15, -0.1) is 0 Å². The van der Waals surface area contributed by atoms with Crippen LogP contribution < -0.4 is 9.61 Å². The molecule has 2 aliphatic heterocycles. The fraction of sp³-hybridized carbons (Fsp3) is 0.250. The van der Waals surface area contributed by atoms with Gasteiger partial charge in [0.15, 0.2) is 0 Å². The number of hydrogen-bond acceptors (Lipinski definition) is 7. The number of carbonyl (C=O) groups is 3. The largest absolute Gasteiger partial charge is 0.489 e. The van der Waals surface area contributed by atoms with Gasteiger partial charge in [0.1, 0.15) is 24.2 Å². The standard InChI is InChI=1S/C24H20N2O6S2/c1-12-3-2-4-13(9-12)11-32-15-7-5-14(6-8-15)17-18-20(33-21-19(17)34-24(31)25-21)23(30)26(22(18)29)10-16(27)28/h2-9,17-18,20H,10-11H2,1H3,(H,25,31)(H,27,28)/t17-,18?,20?/m1/s1. The third kappa shape index (κ3) is 4.03. The SMILES string of the molecule is Cc1cccc(COc2ccc([C@H]3c4sc(=O)[nH]c4SC4C(=O)N(CC(=O)O)C(=O)C43)cc2)c1. The molecule has 1 fully saturated rings. The molecule has 2 unspecified atom stereocenters. The monoisotopic (exact) mass is 496 g/mol. The van der Waals surface area contributed by atoms with Crippen molar-refractivity contribution < 1.29 is 24.2 Å². The van der Waals surface area contributed by atoms with Gasteiger partial charge >= 0.3 is 10.8 Å². The van der Waals surface area contributed by atoms with Crippen LogP contribution in [-0.2, 0) is 21.0 Å². The van der Waals surface area contributed by atoms with Gasteiger partial charge in [-0.05, 0) is 30.2 Å². The Kier molecular flexibility index (Phi) is 5.78. The smallest absolute Gasteiger partial charge is 0.323 e. The third-order valence-corrected chi connectivity index (χ3v) is 8.34. The number of aliphatic carboxylic acids is 1. The van der Waals surface area contributed by atoms with Crippen LogP contribution >= 0.6 is 23.1 Å². The number of hydrogen-bond donors (Lipinski definition) is 2. The van der Waals surface area contributed by atoms with Crippen molar-refractivity contribution in [1.82, 2.24) is 9.88 Å². The van der Waals surface area contributed by atoms with Crippen molar-refractivity contribution in [2.75, 3.05) is 6.54 Å². The average Bonchev–Trinajstić information content (AvgIpc) is 3.28. The number of amides is 2. The lowest BCUT2D eigenvalue weighted by molar-refractivity contribution is -0.149. The number of carboxylic acids is 1. The van der Waals surface area contributed by atoms with E-state index in [1.54, 1.807) is 12.1 Å². The highest BCUT2D eigenvalue weighted by atomic mass is 32.2. The summed E-state index contributed by atoms with van der Waals surface area (Å²) in [5.74, 6) is -2.98. The lowest BCUT2D eigenvalue weighted by atomic mass is 9.83. The molecule has 3 atom stereocenters. The molecule has 5 rings (SSSR count). The number of thiazole rings is 1. The van der Waals surface area contributed by atoms with Crippen LogP contribution in [0.2, 0.25) is 0 Å². The molecule has 2 N–H and O–H groups in total. The lowest BCUT2D eigenvalue weighted by Gasteiger charge is -2.29. The molecule has 2 aromatic carbocycles. The Morgan fingerprint density at radius 2 is 1.88 bits per heavy atom. The maximum Gasteiger partial charge on any atom is 0.323 e. The minimum atomic E-state index is -1.25. The molecule has 34 heavy (non-hydrogen) atoms. The minimum absolute atomic E-state index is 0.261. The number of nitrogens with one attached hydrogen (secondary N) is 1. The second kappa shape index (κ2) is 8.77. The van der Waals surface area contributed by atoms with Gasteiger partial charge in [-0.3, -0.25) is 24.1 Å². The van der Waals surface area contributed by atoms with E-state index >= 15 is 0 Å². The summed E-state index contributed by atoms with van der Waals surface area (Å²) in [6.07, 6.45) is 0. The Hall–Kier alpha value is -3.37. The molecule has 3 aromatic rings. The number of ether oxygens (including phenoxy) is 1. The van der Waals surface area contributed by atoms with E-state index in [0.717, 1.165) is 44.7 Å². The van der Waals surface area contributed by atoms with Gasteiger partial charge in [0.2, 0.25) is 11.8 Å². The third-order valence-electron chi connectivity index (χ3n) is 5.94. The highest BCUT2D eigenvalue weighted by Crippen LogP contribution is 2.52. The average molecular weight is 497 g/mol. The number of likely N-dealkylation sites (tertiary alicyclic amines) is 1. The molecular weight excluding hydrogens is 476 g/mol. The van der Waals surface area contributed by atoms with Crippen LogP contribution in [0.5, 0.6) is 5.75 Å². The number of rotatable bonds is 6. The summed E-state index contributed by atoms with van der Waals surface area (Å²) < 4.78 is 5.90. The van der Waals surface area contributed by atoms with E-state index in [4.69, 9.17) is 9.84 Å². The molecule has 3 heterocycles. The van der Waals surface area contributed by atoms with E-state index in [2.05, 4.69) is 11.1 Å². The highest BCUT2D eigenvalue weighted by Gasteiger charge is 2.56. The summed E-state index contributed by atoms with van der Waals surface area (Å²) in [7, 11) is 0. The van der Waals surface area contributed by atoms with Crippen LogP contribution in [0.1, 0.15) is 27.5 Å². The molecule has 0 radical (unpaired) electrons. The molecule has 10 heteroatoms. The van der Waals surface area contributed by atoms with Crippen molar-refractivity contribution in [1.29, 1.82) is 0 Å². The van der Waals surface area contributed by atoms with Crippen LogP contribution in [0.4, 0.5) is 0 Å². The summed E-state index contributed by atoms with van der Waals surface area (Å²) in [6, 6.07) is 15.3. The van der Waals surface area contributed by atoms with E-state index in [1.165, 1.54) is 0 Å². The fourth-order valence-electron chi connectivity index (χ4n) is 4.46. The number of thioether (sulfide) groups is 1. The molecule has 2 amide bonds. The number of carbonyl (C=O) groups excluding carboxylic acids is 2. The Labute approximate surface area is 202 Å². The Morgan fingerprint density at radius 3 is 2.59 bits per heavy atom. The van der Waals surface area contributed by atoms with Crippen molar-refractivity contribution in [3.05, 3.63) is 79.8 Å². The first-order valence-corrected chi connectivity index (χ1v) is 12.3. The van der Waals surface area contributed by atoms with Crippen LogP contribution in [0.25, 0.3) is 0 Å². The van der Waals surface area contributed by atoms with Crippen LogP contribution in [0.15, 0.2) is 58.4 Å². The van der Waals surface area contributed by atoms with Crippen LogP contribution in [0, 0.1) is 12.8 Å². The number of aromatic nitrogens is 1. The number of H-pyrrole nitrogens is 1. The topological polar surface area (TPSA) is 117 Å². The molecule has 1 saturated heterocycles. The zero-order valence-electron chi connectivity index (χ0n) is 18.0. The number of nitrogens with zero attached hydrogens (tertiary/aromatic N) is 1. The number of fused-ring (bicyclic) bond motifs is 2. The fourth-order valence-corrected chi connectivity index (χ4v) is 7.00. The summed E-state index contributed by atoms with van der Waals surface area (Å²) >= 11 is 2.14. The number of benzene rings is 2. The number of carboxylic acid groups (broad SMARTS) is 1. The molecule has 0 aliphatic carbocycles. The summed E-state index contributed by atoms with van der Waals surface area (Å²) in [4.78, 5) is 53.4. The molecule has 0 saturated carbocycles. The molecule has 1 aromatic heterocycles. The van der Waals surface area contributed by atoms with Gasteiger partial charge in [0, 0.05) is 10.8 Å². The first kappa shape index (κ1) is 22.4. The molecular formula is C24H20N2O6S2. The zero-order chi connectivity index (χ0) is 24.0. The first-order chi connectivity index (χ1) is 16.3. The van der Waals surface area contributed by atoms with E-state index in [9.17, 15) is 19.2 Å². The molecule has 174 valence electrons. The molecule has 0 spiro atoms. The van der Waals surface area contributed by atoms with Crippen molar-refractivity contribution in [2.24, 2.45) is 5.92 Å². The van der Waals surface area contributed by atoms with Crippen LogP contribution in [-0.4, -0.2) is 44.6 Å². The predicted molar refractivity (Wildman–Crippen MR) is 126 cm³/mol. The Morgan fingerprint density at radius 1 is 1.12 bits per heavy atom. The predicted octanol–water partition coefficient (Wildman–Crippen LogP) is 3.00. The summed E-state index contributed by atoms with van der Waals surface area (Å²) in [6.45, 7) is 1.75. The second-order valence-corrected chi connectivity index (χ2v) is 10.4. The van der Waals surface area contributed by atoms with E-state index in [0.29, 0.717) is 22.3 Å². The maximum atomic E-state index is 13.2.